The van der Waals surface area contributed by atoms with Crippen LogP contribution in [0.4, 0.5) is 0 Å². The van der Waals surface area contributed by atoms with Gasteiger partial charge in [-0.25, -0.2) is 4.98 Å². The van der Waals surface area contributed by atoms with Gasteiger partial charge in [0.25, 0.3) is 0 Å². The monoisotopic (exact) mass is 222 g/mol. The molecule has 1 aromatic rings. The van der Waals surface area contributed by atoms with Crippen molar-refractivity contribution in [2.75, 3.05) is 6.54 Å². The first-order valence-electron chi connectivity index (χ1n) is 6.39. The molecule has 90 valence electrons. The molecule has 3 nitrogen and oxygen atoms in total. The van der Waals surface area contributed by atoms with E-state index in [9.17, 15) is 0 Å². The molecule has 1 N–H and O–H groups in total. The molecule has 0 aromatic carbocycles. The van der Waals surface area contributed by atoms with Crippen LogP contribution in [-0.4, -0.2) is 11.5 Å². The SMILES string of the molecule is Cc1nc(CNCC2CCCCC2)oc1C. The van der Waals surface area contributed by atoms with Gasteiger partial charge in [-0.3, -0.25) is 0 Å². The quantitative estimate of drug-likeness (QED) is 0.851. The van der Waals surface area contributed by atoms with Crippen LogP contribution in [0.3, 0.4) is 0 Å². The first-order chi connectivity index (χ1) is 7.75. The number of aromatic nitrogens is 1. The molecule has 0 bridgehead atoms. The van der Waals surface area contributed by atoms with Gasteiger partial charge in [0.15, 0.2) is 0 Å². The topological polar surface area (TPSA) is 38.1 Å². The van der Waals surface area contributed by atoms with Crippen LogP contribution in [0.5, 0.6) is 0 Å². The Morgan fingerprint density at radius 3 is 2.62 bits per heavy atom. The standard InChI is InChI=1S/C13H22N2O/c1-10-11(2)16-13(15-10)9-14-8-12-6-4-3-5-7-12/h12,14H,3-9H2,1-2H3. The summed E-state index contributed by atoms with van der Waals surface area (Å²) < 4.78 is 5.53. The molecule has 0 aliphatic heterocycles. The molecule has 1 heterocycles. The number of hydrogen-bond acceptors (Lipinski definition) is 3. The summed E-state index contributed by atoms with van der Waals surface area (Å²) in [5.74, 6) is 2.63. The highest BCUT2D eigenvalue weighted by molar-refractivity contribution is 5.05. The Morgan fingerprint density at radius 2 is 2.00 bits per heavy atom. The lowest BCUT2D eigenvalue weighted by atomic mass is 9.89. The fraction of sp³-hybridized carbons (Fsp3) is 0.769. The maximum atomic E-state index is 5.53. The van der Waals surface area contributed by atoms with E-state index in [1.165, 1.54) is 32.1 Å². The first-order valence-corrected chi connectivity index (χ1v) is 6.39. The molecule has 2 rings (SSSR count). The zero-order chi connectivity index (χ0) is 11.4. The minimum absolute atomic E-state index is 0.769. The fourth-order valence-electron chi connectivity index (χ4n) is 2.39. The average Bonchev–Trinajstić information content (AvgIpc) is 2.60. The largest absolute Gasteiger partial charge is 0.444 e. The Kier molecular flexibility index (Phi) is 3.99. The lowest BCUT2D eigenvalue weighted by molar-refractivity contribution is 0.334. The van der Waals surface area contributed by atoms with Crippen molar-refractivity contribution in [3.8, 4) is 0 Å². The van der Waals surface area contributed by atoms with E-state index in [-0.39, 0.29) is 0 Å². The second kappa shape index (κ2) is 5.48. The zero-order valence-corrected chi connectivity index (χ0v) is 10.4. The Balaban J connectivity index is 1.71. The third-order valence-electron chi connectivity index (χ3n) is 3.51. The van der Waals surface area contributed by atoms with Crippen molar-refractivity contribution in [1.82, 2.24) is 10.3 Å². The lowest BCUT2D eigenvalue weighted by Gasteiger charge is -2.21. The van der Waals surface area contributed by atoms with E-state index in [2.05, 4.69) is 10.3 Å². The molecule has 0 unspecified atom stereocenters. The molecule has 1 aromatic heterocycles. The maximum Gasteiger partial charge on any atom is 0.208 e. The summed E-state index contributed by atoms with van der Waals surface area (Å²) in [5.41, 5.74) is 1.01. The summed E-state index contributed by atoms with van der Waals surface area (Å²) in [4.78, 5) is 4.36. The molecule has 1 fully saturated rings. The number of nitrogens with one attached hydrogen (secondary N) is 1. The normalized spacial score (nSPS) is 17.9. The second-order valence-electron chi connectivity index (χ2n) is 4.88. The highest BCUT2D eigenvalue weighted by atomic mass is 16.4. The number of nitrogens with zero attached hydrogens (tertiary/aromatic N) is 1. The van der Waals surface area contributed by atoms with Gasteiger partial charge < -0.3 is 9.73 Å². The van der Waals surface area contributed by atoms with Crippen LogP contribution in [0.2, 0.25) is 0 Å². The highest BCUT2D eigenvalue weighted by Crippen LogP contribution is 2.22. The molecular formula is C13H22N2O. The first kappa shape index (κ1) is 11.6. The van der Waals surface area contributed by atoms with E-state index in [1.54, 1.807) is 0 Å². The van der Waals surface area contributed by atoms with E-state index < -0.39 is 0 Å². The molecule has 0 saturated heterocycles. The van der Waals surface area contributed by atoms with Gasteiger partial charge in [0, 0.05) is 0 Å². The minimum atomic E-state index is 0.769. The average molecular weight is 222 g/mol. The fourth-order valence-corrected chi connectivity index (χ4v) is 2.39. The predicted molar refractivity (Wildman–Crippen MR) is 64.3 cm³/mol. The highest BCUT2D eigenvalue weighted by Gasteiger charge is 2.13. The number of oxazole rings is 1. The van der Waals surface area contributed by atoms with Crippen molar-refractivity contribution in [1.29, 1.82) is 0 Å². The van der Waals surface area contributed by atoms with Gasteiger partial charge in [0.05, 0.1) is 12.2 Å². The molecule has 1 aliphatic rings. The van der Waals surface area contributed by atoms with Crippen LogP contribution in [0.15, 0.2) is 4.42 Å². The Labute approximate surface area is 97.6 Å². The van der Waals surface area contributed by atoms with E-state index in [0.717, 1.165) is 36.4 Å². The van der Waals surface area contributed by atoms with E-state index in [0.29, 0.717) is 0 Å². The third-order valence-corrected chi connectivity index (χ3v) is 3.51. The number of rotatable bonds is 4. The van der Waals surface area contributed by atoms with Crippen molar-refractivity contribution in [2.24, 2.45) is 5.92 Å². The van der Waals surface area contributed by atoms with Crippen LogP contribution in [0, 0.1) is 19.8 Å². The van der Waals surface area contributed by atoms with Crippen molar-refractivity contribution >= 4 is 0 Å². The van der Waals surface area contributed by atoms with E-state index in [1.807, 2.05) is 13.8 Å². The Morgan fingerprint density at radius 1 is 1.25 bits per heavy atom. The third kappa shape index (κ3) is 3.08. The van der Waals surface area contributed by atoms with Crippen molar-refractivity contribution in [3.05, 3.63) is 17.3 Å². The van der Waals surface area contributed by atoms with Crippen molar-refractivity contribution in [3.63, 3.8) is 0 Å². The van der Waals surface area contributed by atoms with Crippen LogP contribution < -0.4 is 5.32 Å². The summed E-state index contributed by atoms with van der Waals surface area (Å²) in [6, 6.07) is 0. The maximum absolute atomic E-state index is 5.53. The van der Waals surface area contributed by atoms with Gasteiger partial charge in [-0.05, 0) is 39.2 Å². The molecule has 1 aliphatic carbocycles. The zero-order valence-electron chi connectivity index (χ0n) is 10.4. The second-order valence-corrected chi connectivity index (χ2v) is 4.88. The number of hydrogen-bond donors (Lipinski definition) is 1. The van der Waals surface area contributed by atoms with Gasteiger partial charge in [0.2, 0.25) is 5.89 Å². The van der Waals surface area contributed by atoms with E-state index in [4.69, 9.17) is 4.42 Å². The van der Waals surface area contributed by atoms with E-state index >= 15 is 0 Å². The summed E-state index contributed by atoms with van der Waals surface area (Å²) in [6.07, 6.45) is 7.01. The summed E-state index contributed by atoms with van der Waals surface area (Å²) in [7, 11) is 0. The predicted octanol–water partition coefficient (Wildman–Crippen LogP) is 2.96. The molecule has 0 radical (unpaired) electrons. The molecule has 0 spiro atoms. The van der Waals surface area contributed by atoms with Crippen LogP contribution >= 0.6 is 0 Å². The summed E-state index contributed by atoms with van der Waals surface area (Å²) in [6.45, 7) is 5.84. The molecule has 3 heteroatoms. The van der Waals surface area contributed by atoms with Gasteiger partial charge in [-0.15, -0.1) is 0 Å². The molecule has 0 atom stereocenters. The summed E-state index contributed by atoms with van der Waals surface area (Å²) >= 11 is 0. The summed E-state index contributed by atoms with van der Waals surface area (Å²) in [5, 5.41) is 3.46. The molecule has 0 amide bonds. The van der Waals surface area contributed by atoms with Gasteiger partial charge >= 0.3 is 0 Å². The lowest BCUT2D eigenvalue weighted by Crippen LogP contribution is -2.24. The molecule has 16 heavy (non-hydrogen) atoms. The minimum Gasteiger partial charge on any atom is -0.444 e. The van der Waals surface area contributed by atoms with Crippen molar-refractivity contribution < 1.29 is 4.42 Å². The van der Waals surface area contributed by atoms with Crippen LogP contribution in [0.25, 0.3) is 0 Å². The number of aryl methyl sites for hydroxylation is 2. The van der Waals surface area contributed by atoms with Crippen LogP contribution in [-0.2, 0) is 6.54 Å². The van der Waals surface area contributed by atoms with Crippen molar-refractivity contribution in [2.45, 2.75) is 52.5 Å². The molecule has 1 saturated carbocycles. The van der Waals surface area contributed by atoms with Crippen LogP contribution in [0.1, 0.15) is 49.4 Å². The smallest absolute Gasteiger partial charge is 0.208 e. The molecular weight excluding hydrogens is 200 g/mol. The Bertz CT molecular complexity index is 307. The van der Waals surface area contributed by atoms with Gasteiger partial charge in [-0.2, -0.15) is 0 Å². The van der Waals surface area contributed by atoms with Gasteiger partial charge in [0.1, 0.15) is 5.76 Å². The van der Waals surface area contributed by atoms with Gasteiger partial charge in [-0.1, -0.05) is 19.3 Å². The Hall–Kier alpha value is -0.830.